The molecule has 2 saturated heterocycles. The van der Waals surface area contributed by atoms with Crippen molar-refractivity contribution in [2.75, 3.05) is 24.5 Å². The summed E-state index contributed by atoms with van der Waals surface area (Å²) in [5.41, 5.74) is 3.88. The number of rotatable bonds is 4. The predicted molar refractivity (Wildman–Crippen MR) is 115 cm³/mol. The zero-order valence-electron chi connectivity index (χ0n) is 16.9. The molecule has 0 radical (unpaired) electrons. The van der Waals surface area contributed by atoms with Crippen LogP contribution >= 0.6 is 11.3 Å². The third kappa shape index (κ3) is 4.04. The van der Waals surface area contributed by atoms with Crippen molar-refractivity contribution >= 4 is 22.4 Å². The molecule has 4 rings (SSSR count). The number of carbonyl (C=O) groups is 1. The molecule has 2 aliphatic rings. The fraction of sp³-hybridized carbons (Fsp3) is 0.522. The van der Waals surface area contributed by atoms with Crippen LogP contribution in [0.5, 0.6) is 0 Å². The van der Waals surface area contributed by atoms with Crippen LogP contribution in [0, 0.1) is 19.8 Å². The monoisotopic (exact) mass is 398 g/mol. The van der Waals surface area contributed by atoms with E-state index in [9.17, 15) is 4.79 Å². The fourth-order valence-corrected chi connectivity index (χ4v) is 5.75. The Labute approximate surface area is 172 Å². The molecule has 3 heterocycles. The molecule has 0 aliphatic carbocycles. The van der Waals surface area contributed by atoms with Crippen LogP contribution in [0.2, 0.25) is 0 Å². The first-order chi connectivity index (χ1) is 13.6. The molecule has 1 unspecified atom stereocenters. The van der Waals surface area contributed by atoms with E-state index in [1.54, 1.807) is 0 Å². The van der Waals surface area contributed by atoms with Crippen LogP contribution in [0.1, 0.15) is 42.4 Å². The molecule has 2 aliphatic heterocycles. The van der Waals surface area contributed by atoms with E-state index in [-0.39, 0.29) is 6.09 Å². The second kappa shape index (κ2) is 8.56. The van der Waals surface area contributed by atoms with Gasteiger partial charge in [0, 0.05) is 25.7 Å². The first-order valence-corrected chi connectivity index (χ1v) is 11.3. The largest absolute Gasteiger partial charge is 0.445 e. The molecule has 150 valence electrons. The van der Waals surface area contributed by atoms with Crippen LogP contribution in [0.3, 0.4) is 0 Å². The lowest BCUT2D eigenvalue weighted by Gasteiger charge is -2.38. The average molecular weight is 399 g/mol. The van der Waals surface area contributed by atoms with Crippen molar-refractivity contribution < 1.29 is 9.53 Å². The smallest absolute Gasteiger partial charge is 0.410 e. The highest BCUT2D eigenvalue weighted by atomic mass is 32.1. The zero-order valence-corrected chi connectivity index (χ0v) is 17.7. The number of ether oxygens (including phenoxy) is 1. The van der Waals surface area contributed by atoms with Gasteiger partial charge in [0.25, 0.3) is 0 Å². The van der Waals surface area contributed by atoms with Gasteiger partial charge in [-0.1, -0.05) is 30.3 Å². The lowest BCUT2D eigenvalue weighted by Crippen LogP contribution is -2.44. The first-order valence-electron chi connectivity index (χ1n) is 10.4. The summed E-state index contributed by atoms with van der Waals surface area (Å²) in [4.78, 5) is 17.0. The van der Waals surface area contributed by atoms with Gasteiger partial charge in [0.05, 0.1) is 5.00 Å². The molecule has 5 heteroatoms. The maximum Gasteiger partial charge on any atom is 0.410 e. The molecule has 2 aromatic rings. The number of thiophene rings is 1. The van der Waals surface area contributed by atoms with Crippen molar-refractivity contribution in [2.45, 2.75) is 52.2 Å². The van der Waals surface area contributed by atoms with Gasteiger partial charge in [0.15, 0.2) is 0 Å². The van der Waals surface area contributed by atoms with E-state index in [0.29, 0.717) is 18.6 Å². The van der Waals surface area contributed by atoms with E-state index in [1.165, 1.54) is 35.5 Å². The fourth-order valence-electron chi connectivity index (χ4n) is 4.58. The molecular weight excluding hydrogens is 368 g/mol. The molecule has 1 aromatic carbocycles. The number of hydrogen-bond acceptors (Lipinski definition) is 4. The highest BCUT2D eigenvalue weighted by Gasteiger charge is 2.36. The van der Waals surface area contributed by atoms with Crippen LogP contribution in [-0.4, -0.2) is 36.7 Å². The third-order valence-electron chi connectivity index (χ3n) is 6.37. The SMILES string of the molecule is Cc1csc(N2CCCC2C2CCN(C(=O)OCc3ccccc3)CC2)c1C. The van der Waals surface area contributed by atoms with Crippen LogP contribution in [0.25, 0.3) is 0 Å². The van der Waals surface area contributed by atoms with Crippen molar-refractivity contribution in [1.82, 2.24) is 4.90 Å². The Balaban J connectivity index is 1.31. The van der Waals surface area contributed by atoms with E-state index in [1.807, 2.05) is 46.6 Å². The number of piperidine rings is 1. The van der Waals surface area contributed by atoms with Gasteiger partial charge in [-0.2, -0.15) is 0 Å². The van der Waals surface area contributed by atoms with E-state index in [4.69, 9.17) is 4.74 Å². The lowest BCUT2D eigenvalue weighted by atomic mass is 9.88. The van der Waals surface area contributed by atoms with Gasteiger partial charge in [-0.05, 0) is 67.5 Å². The topological polar surface area (TPSA) is 32.8 Å². The Morgan fingerprint density at radius 2 is 1.86 bits per heavy atom. The molecule has 0 saturated carbocycles. The highest BCUT2D eigenvalue weighted by molar-refractivity contribution is 7.14. The standard InChI is InChI=1S/C23H30N2O2S/c1-17-16-28-22(18(17)2)25-12-6-9-21(25)20-10-13-24(14-11-20)23(26)27-15-19-7-4-3-5-8-19/h3-5,7-8,16,20-21H,6,9-15H2,1-2H3. The predicted octanol–water partition coefficient (Wildman–Crippen LogP) is 5.38. The van der Waals surface area contributed by atoms with Gasteiger partial charge in [-0.15, -0.1) is 11.3 Å². The number of aryl methyl sites for hydroxylation is 1. The van der Waals surface area contributed by atoms with Crippen molar-refractivity contribution in [3.8, 4) is 0 Å². The summed E-state index contributed by atoms with van der Waals surface area (Å²) in [5, 5.41) is 3.75. The van der Waals surface area contributed by atoms with Crippen molar-refractivity contribution in [3.05, 3.63) is 52.4 Å². The molecule has 28 heavy (non-hydrogen) atoms. The number of carbonyl (C=O) groups excluding carboxylic acids is 1. The lowest BCUT2D eigenvalue weighted by molar-refractivity contribution is 0.0799. The van der Waals surface area contributed by atoms with E-state index < -0.39 is 0 Å². The molecular formula is C23H30N2O2S. The van der Waals surface area contributed by atoms with E-state index in [0.717, 1.165) is 31.5 Å². The van der Waals surface area contributed by atoms with Gasteiger partial charge in [0.1, 0.15) is 6.61 Å². The highest BCUT2D eigenvalue weighted by Crippen LogP contribution is 2.39. The molecule has 0 spiro atoms. The average Bonchev–Trinajstić information content (AvgIpc) is 3.34. The molecule has 1 amide bonds. The van der Waals surface area contributed by atoms with Crippen molar-refractivity contribution in [2.24, 2.45) is 5.92 Å². The van der Waals surface area contributed by atoms with Crippen LogP contribution < -0.4 is 4.90 Å². The first kappa shape index (κ1) is 19.3. The molecule has 1 aromatic heterocycles. The number of benzene rings is 1. The summed E-state index contributed by atoms with van der Waals surface area (Å²) in [6.45, 7) is 7.61. The Morgan fingerprint density at radius 1 is 1.11 bits per heavy atom. The number of amides is 1. The molecule has 0 bridgehead atoms. The van der Waals surface area contributed by atoms with Crippen LogP contribution in [0.15, 0.2) is 35.7 Å². The van der Waals surface area contributed by atoms with Crippen LogP contribution in [0.4, 0.5) is 9.80 Å². The summed E-state index contributed by atoms with van der Waals surface area (Å²) < 4.78 is 5.52. The molecule has 1 atom stereocenters. The molecule has 4 nitrogen and oxygen atoms in total. The summed E-state index contributed by atoms with van der Waals surface area (Å²) in [5.74, 6) is 0.669. The van der Waals surface area contributed by atoms with Crippen LogP contribution in [-0.2, 0) is 11.3 Å². The van der Waals surface area contributed by atoms with Gasteiger partial charge < -0.3 is 14.5 Å². The Kier molecular flexibility index (Phi) is 5.90. The summed E-state index contributed by atoms with van der Waals surface area (Å²) in [6.07, 6.45) is 4.53. The molecule has 2 fully saturated rings. The summed E-state index contributed by atoms with van der Waals surface area (Å²) >= 11 is 1.89. The van der Waals surface area contributed by atoms with Gasteiger partial charge in [-0.25, -0.2) is 4.79 Å². The number of likely N-dealkylation sites (tertiary alicyclic amines) is 1. The van der Waals surface area contributed by atoms with Gasteiger partial charge >= 0.3 is 6.09 Å². The van der Waals surface area contributed by atoms with Gasteiger partial charge in [-0.3, -0.25) is 0 Å². The maximum atomic E-state index is 12.4. The normalized spacial score (nSPS) is 20.6. The summed E-state index contributed by atoms with van der Waals surface area (Å²) in [6, 6.07) is 10.5. The Morgan fingerprint density at radius 3 is 2.54 bits per heavy atom. The van der Waals surface area contributed by atoms with E-state index >= 15 is 0 Å². The second-order valence-corrected chi connectivity index (χ2v) is 8.97. The minimum Gasteiger partial charge on any atom is -0.445 e. The van der Waals surface area contributed by atoms with Crippen molar-refractivity contribution in [3.63, 3.8) is 0 Å². The minimum atomic E-state index is -0.171. The van der Waals surface area contributed by atoms with E-state index in [2.05, 4.69) is 24.1 Å². The third-order valence-corrected chi connectivity index (χ3v) is 7.60. The quantitative estimate of drug-likeness (QED) is 0.693. The zero-order chi connectivity index (χ0) is 19.5. The number of nitrogens with zero attached hydrogens (tertiary/aromatic N) is 2. The maximum absolute atomic E-state index is 12.4. The number of hydrogen-bond donors (Lipinski definition) is 0. The minimum absolute atomic E-state index is 0.171. The Hall–Kier alpha value is -2.01. The van der Waals surface area contributed by atoms with Crippen molar-refractivity contribution in [1.29, 1.82) is 0 Å². The Bertz CT molecular complexity index is 796. The molecule has 0 N–H and O–H groups in total. The summed E-state index contributed by atoms with van der Waals surface area (Å²) in [7, 11) is 0. The second-order valence-electron chi connectivity index (χ2n) is 8.12. The number of anilines is 1. The van der Waals surface area contributed by atoms with Gasteiger partial charge in [0.2, 0.25) is 0 Å².